The van der Waals surface area contributed by atoms with Crippen molar-refractivity contribution in [3.63, 3.8) is 0 Å². The molecule has 52 heavy (non-hydrogen) atoms. The van der Waals surface area contributed by atoms with Crippen molar-refractivity contribution < 1.29 is 0 Å². The number of aromatic nitrogens is 2. The van der Waals surface area contributed by atoms with Crippen molar-refractivity contribution in [3.05, 3.63) is 24.3 Å². The Kier molecular flexibility index (Phi) is 26.2. The number of benzene rings is 1. The van der Waals surface area contributed by atoms with E-state index in [-0.39, 0.29) is 0 Å². The van der Waals surface area contributed by atoms with Crippen LogP contribution in [0.2, 0.25) is 0 Å². The van der Waals surface area contributed by atoms with Gasteiger partial charge in [0.1, 0.15) is 5.82 Å². The summed E-state index contributed by atoms with van der Waals surface area (Å²) in [5, 5.41) is 1.19. The maximum atomic E-state index is 5.53. The summed E-state index contributed by atoms with van der Waals surface area (Å²) in [6.45, 7) is 28.0. The van der Waals surface area contributed by atoms with Gasteiger partial charge in [-0.2, -0.15) is 4.98 Å². The number of hydrogen-bond acceptors (Lipinski definition) is 6. The van der Waals surface area contributed by atoms with Gasteiger partial charge in [-0.05, 0) is 117 Å². The van der Waals surface area contributed by atoms with E-state index >= 15 is 0 Å². The normalized spacial score (nSPS) is 13.0. The molecule has 2 unspecified atom stereocenters. The Morgan fingerprint density at radius 1 is 0.442 bits per heavy atom. The summed E-state index contributed by atoms with van der Waals surface area (Å²) < 4.78 is 0. The standard InChI is InChI=1S/C46H86N6/c1-9-15-19-25-33-49(34-26-20-16-10-2)37-29-39-51(41(7)13-5)45-43-31-23-24-32-44(43)47-46(48-45)52(42(8)14-6)40-30-38-50(35-27-21-17-11-3)36-28-22-18-12-4/h23-24,31-32,41-42H,9-22,25-30,33-40H2,1-8H3. The minimum absolute atomic E-state index is 0.391. The molecule has 2 aromatic rings. The van der Waals surface area contributed by atoms with E-state index in [1.54, 1.807) is 0 Å². The fraction of sp³-hybridized carbons (Fsp3) is 0.826. The van der Waals surface area contributed by atoms with Gasteiger partial charge in [0, 0.05) is 30.6 Å². The summed E-state index contributed by atoms with van der Waals surface area (Å²) in [5.41, 5.74) is 1.08. The third kappa shape index (κ3) is 17.9. The van der Waals surface area contributed by atoms with Gasteiger partial charge in [0.05, 0.1) is 5.52 Å². The second-order valence-corrected chi connectivity index (χ2v) is 15.9. The molecule has 0 N–H and O–H groups in total. The average Bonchev–Trinajstić information content (AvgIpc) is 3.17. The van der Waals surface area contributed by atoms with Gasteiger partial charge in [-0.3, -0.25) is 0 Å². The molecule has 0 bridgehead atoms. The van der Waals surface area contributed by atoms with E-state index in [2.05, 4.69) is 99.3 Å². The SMILES string of the molecule is CCCCCCN(CCCCCC)CCCN(c1nc(N(CCCN(CCCCCC)CCCCCC)C(C)CC)c2ccccc2n1)C(C)CC. The second-order valence-electron chi connectivity index (χ2n) is 15.9. The van der Waals surface area contributed by atoms with Gasteiger partial charge in [-0.15, -0.1) is 0 Å². The van der Waals surface area contributed by atoms with Gasteiger partial charge >= 0.3 is 0 Å². The lowest BCUT2D eigenvalue weighted by atomic mass is 10.1. The lowest BCUT2D eigenvalue weighted by Gasteiger charge is -2.34. The number of unbranched alkanes of at least 4 members (excludes halogenated alkanes) is 12. The van der Waals surface area contributed by atoms with E-state index in [0.29, 0.717) is 12.1 Å². The predicted octanol–water partition coefficient (Wildman–Crippen LogP) is 12.5. The van der Waals surface area contributed by atoms with E-state index in [0.717, 1.165) is 56.2 Å². The Labute approximate surface area is 323 Å². The Morgan fingerprint density at radius 2 is 0.846 bits per heavy atom. The third-order valence-corrected chi connectivity index (χ3v) is 11.4. The molecule has 6 heteroatoms. The van der Waals surface area contributed by atoms with E-state index < -0.39 is 0 Å². The molecule has 0 amide bonds. The molecule has 1 aromatic heterocycles. The minimum Gasteiger partial charge on any atom is -0.353 e. The van der Waals surface area contributed by atoms with Crippen LogP contribution in [0.1, 0.15) is 184 Å². The lowest BCUT2D eigenvalue weighted by Crippen LogP contribution is -2.39. The van der Waals surface area contributed by atoms with Crippen molar-refractivity contribution in [2.75, 3.05) is 62.2 Å². The van der Waals surface area contributed by atoms with Crippen LogP contribution in [0.5, 0.6) is 0 Å². The zero-order chi connectivity index (χ0) is 37.8. The van der Waals surface area contributed by atoms with Crippen LogP contribution < -0.4 is 9.80 Å². The number of para-hydroxylation sites is 1. The van der Waals surface area contributed by atoms with Gasteiger partial charge in [-0.1, -0.05) is 131 Å². The molecule has 0 aliphatic rings. The van der Waals surface area contributed by atoms with Crippen LogP contribution >= 0.6 is 0 Å². The molecule has 1 heterocycles. The first-order valence-electron chi connectivity index (χ1n) is 22.7. The van der Waals surface area contributed by atoms with Gasteiger partial charge < -0.3 is 19.6 Å². The highest BCUT2D eigenvalue weighted by Gasteiger charge is 2.23. The van der Waals surface area contributed by atoms with Crippen molar-refractivity contribution in [1.82, 2.24) is 19.8 Å². The number of rotatable bonds is 34. The molecular weight excluding hydrogens is 637 g/mol. The summed E-state index contributed by atoms with van der Waals surface area (Å²) in [5.74, 6) is 2.05. The summed E-state index contributed by atoms with van der Waals surface area (Å²) >= 11 is 0. The average molecular weight is 723 g/mol. The molecular formula is C46H86N6. The summed E-state index contributed by atoms with van der Waals surface area (Å²) in [7, 11) is 0. The molecule has 0 aliphatic carbocycles. The van der Waals surface area contributed by atoms with Crippen molar-refractivity contribution in [3.8, 4) is 0 Å². The molecule has 0 saturated carbocycles. The smallest absolute Gasteiger partial charge is 0.228 e. The zero-order valence-corrected chi connectivity index (χ0v) is 35.9. The molecule has 6 nitrogen and oxygen atoms in total. The number of anilines is 2. The highest BCUT2D eigenvalue weighted by Crippen LogP contribution is 2.30. The quantitative estimate of drug-likeness (QED) is 0.0670. The van der Waals surface area contributed by atoms with Crippen molar-refractivity contribution in [2.24, 2.45) is 0 Å². The topological polar surface area (TPSA) is 38.7 Å². The van der Waals surface area contributed by atoms with Crippen LogP contribution in [0.15, 0.2) is 24.3 Å². The Bertz CT molecular complexity index is 1100. The van der Waals surface area contributed by atoms with Crippen LogP contribution in [-0.2, 0) is 0 Å². The molecule has 0 aliphatic heterocycles. The van der Waals surface area contributed by atoms with Gasteiger partial charge in [-0.25, -0.2) is 4.98 Å². The second kappa shape index (κ2) is 29.4. The maximum absolute atomic E-state index is 5.53. The highest BCUT2D eigenvalue weighted by atomic mass is 15.3. The molecule has 0 spiro atoms. The van der Waals surface area contributed by atoms with E-state index in [1.807, 2.05) is 0 Å². The fourth-order valence-electron chi connectivity index (χ4n) is 7.54. The number of fused-ring (bicyclic) bond motifs is 1. The van der Waals surface area contributed by atoms with E-state index in [9.17, 15) is 0 Å². The first-order chi connectivity index (χ1) is 25.4. The van der Waals surface area contributed by atoms with Gasteiger partial charge in [0.2, 0.25) is 5.95 Å². The lowest BCUT2D eigenvalue weighted by molar-refractivity contribution is 0.257. The zero-order valence-electron chi connectivity index (χ0n) is 35.9. The maximum Gasteiger partial charge on any atom is 0.228 e. The molecule has 2 rings (SSSR count). The molecule has 1 aromatic carbocycles. The monoisotopic (exact) mass is 723 g/mol. The van der Waals surface area contributed by atoms with Gasteiger partial charge in [0.15, 0.2) is 0 Å². The molecule has 0 fully saturated rings. The Hall–Kier alpha value is -1.92. The summed E-state index contributed by atoms with van der Waals surface area (Å²) in [6.07, 6.45) is 25.9. The predicted molar refractivity (Wildman–Crippen MR) is 232 cm³/mol. The summed E-state index contributed by atoms with van der Waals surface area (Å²) in [6, 6.07) is 9.58. The summed E-state index contributed by atoms with van der Waals surface area (Å²) in [4.78, 5) is 21.5. The van der Waals surface area contributed by atoms with Crippen LogP contribution in [-0.4, -0.2) is 84.2 Å². The van der Waals surface area contributed by atoms with Crippen molar-refractivity contribution in [2.45, 2.75) is 196 Å². The largest absolute Gasteiger partial charge is 0.353 e. The van der Waals surface area contributed by atoms with E-state index in [1.165, 1.54) is 147 Å². The molecule has 2 atom stereocenters. The first-order valence-corrected chi connectivity index (χ1v) is 22.7. The van der Waals surface area contributed by atoms with E-state index in [4.69, 9.17) is 9.97 Å². The Morgan fingerprint density at radius 3 is 1.29 bits per heavy atom. The van der Waals surface area contributed by atoms with Crippen molar-refractivity contribution >= 4 is 22.7 Å². The fourth-order valence-corrected chi connectivity index (χ4v) is 7.54. The molecule has 300 valence electrons. The minimum atomic E-state index is 0.391. The number of nitrogens with zero attached hydrogens (tertiary/aromatic N) is 6. The third-order valence-electron chi connectivity index (χ3n) is 11.4. The van der Waals surface area contributed by atoms with Crippen LogP contribution in [0.4, 0.5) is 11.8 Å². The molecule has 0 radical (unpaired) electrons. The van der Waals surface area contributed by atoms with Crippen LogP contribution in [0, 0.1) is 0 Å². The first kappa shape index (κ1) is 46.2. The number of hydrogen-bond donors (Lipinski definition) is 0. The molecule has 0 saturated heterocycles. The van der Waals surface area contributed by atoms with Gasteiger partial charge in [0.25, 0.3) is 0 Å². The van der Waals surface area contributed by atoms with Crippen LogP contribution in [0.25, 0.3) is 10.9 Å². The van der Waals surface area contributed by atoms with Crippen molar-refractivity contribution in [1.29, 1.82) is 0 Å². The Balaban J connectivity index is 2.29. The van der Waals surface area contributed by atoms with Crippen LogP contribution in [0.3, 0.4) is 0 Å². The highest BCUT2D eigenvalue weighted by molar-refractivity contribution is 5.90.